The molecule has 1 fully saturated rings. The third kappa shape index (κ3) is 3.43. The van der Waals surface area contributed by atoms with E-state index in [-0.39, 0.29) is 0 Å². The summed E-state index contributed by atoms with van der Waals surface area (Å²) in [5, 5.41) is 0. The average molecular weight is 151 g/mol. The molecule has 1 heteroatoms. The fourth-order valence-corrected chi connectivity index (χ4v) is 1.57. The van der Waals surface area contributed by atoms with Gasteiger partial charge in [-0.25, -0.2) is 0 Å². The fourth-order valence-electron chi connectivity index (χ4n) is 1.57. The molecule has 0 atom stereocenters. The number of terminal acetylenes is 1. The van der Waals surface area contributed by atoms with Gasteiger partial charge in [0, 0.05) is 6.42 Å². The molecule has 0 unspecified atom stereocenters. The molecule has 1 nitrogen and oxygen atoms in total. The summed E-state index contributed by atoms with van der Waals surface area (Å²) >= 11 is 0. The second kappa shape index (κ2) is 5.21. The SMILES string of the molecule is C#CCCCCN1CCCC1. The highest BCUT2D eigenvalue weighted by Gasteiger charge is 2.09. The van der Waals surface area contributed by atoms with E-state index >= 15 is 0 Å². The minimum atomic E-state index is 0.952. The lowest BCUT2D eigenvalue weighted by Gasteiger charge is -2.12. The molecule has 0 aromatic rings. The van der Waals surface area contributed by atoms with Crippen molar-refractivity contribution in [1.82, 2.24) is 4.90 Å². The highest BCUT2D eigenvalue weighted by molar-refractivity contribution is 4.83. The Bertz CT molecular complexity index is 128. The van der Waals surface area contributed by atoms with Crippen LogP contribution in [0.1, 0.15) is 32.1 Å². The summed E-state index contributed by atoms with van der Waals surface area (Å²) < 4.78 is 0. The lowest BCUT2D eigenvalue weighted by atomic mass is 10.2. The van der Waals surface area contributed by atoms with Crippen LogP contribution in [-0.2, 0) is 0 Å². The number of nitrogens with zero attached hydrogens (tertiary/aromatic N) is 1. The third-order valence-corrected chi connectivity index (χ3v) is 2.24. The molecule has 0 spiro atoms. The maximum atomic E-state index is 5.16. The molecule has 62 valence electrons. The molecule has 1 rings (SSSR count). The zero-order valence-corrected chi connectivity index (χ0v) is 7.18. The Balaban J connectivity index is 1.90. The van der Waals surface area contributed by atoms with Gasteiger partial charge in [0.1, 0.15) is 0 Å². The second-order valence-corrected chi connectivity index (χ2v) is 3.21. The molecule has 0 aromatic heterocycles. The van der Waals surface area contributed by atoms with Gasteiger partial charge in [-0.15, -0.1) is 12.3 Å². The highest BCUT2D eigenvalue weighted by Crippen LogP contribution is 2.08. The number of hydrogen-bond donors (Lipinski definition) is 0. The summed E-state index contributed by atoms with van der Waals surface area (Å²) in [4.78, 5) is 2.54. The number of unbranched alkanes of at least 4 members (excludes halogenated alkanes) is 2. The van der Waals surface area contributed by atoms with Crippen molar-refractivity contribution in [2.75, 3.05) is 19.6 Å². The average Bonchev–Trinajstić information content (AvgIpc) is 2.50. The van der Waals surface area contributed by atoms with Crippen molar-refractivity contribution in [1.29, 1.82) is 0 Å². The second-order valence-electron chi connectivity index (χ2n) is 3.21. The van der Waals surface area contributed by atoms with Crippen molar-refractivity contribution in [3.05, 3.63) is 0 Å². The van der Waals surface area contributed by atoms with Crippen molar-refractivity contribution in [2.45, 2.75) is 32.1 Å². The van der Waals surface area contributed by atoms with Crippen LogP contribution in [0.15, 0.2) is 0 Å². The van der Waals surface area contributed by atoms with Crippen LogP contribution in [0.2, 0.25) is 0 Å². The van der Waals surface area contributed by atoms with Gasteiger partial charge in [-0.1, -0.05) is 0 Å². The topological polar surface area (TPSA) is 3.24 Å². The van der Waals surface area contributed by atoms with Crippen LogP contribution in [0, 0.1) is 12.3 Å². The monoisotopic (exact) mass is 151 g/mol. The molecule has 0 amide bonds. The van der Waals surface area contributed by atoms with Crippen molar-refractivity contribution in [3.63, 3.8) is 0 Å². The summed E-state index contributed by atoms with van der Waals surface area (Å²) in [5.74, 6) is 2.67. The van der Waals surface area contributed by atoms with Crippen LogP contribution in [0.4, 0.5) is 0 Å². The standard InChI is InChI=1S/C10H17N/c1-2-3-4-5-8-11-9-6-7-10-11/h1H,3-10H2. The maximum Gasteiger partial charge on any atom is 0.00865 e. The summed E-state index contributed by atoms with van der Waals surface area (Å²) in [7, 11) is 0. The molecule has 1 aliphatic heterocycles. The van der Waals surface area contributed by atoms with Crippen molar-refractivity contribution in [2.24, 2.45) is 0 Å². The van der Waals surface area contributed by atoms with E-state index in [9.17, 15) is 0 Å². The van der Waals surface area contributed by atoms with Crippen molar-refractivity contribution in [3.8, 4) is 12.3 Å². The molecule has 0 aromatic carbocycles. The van der Waals surface area contributed by atoms with Crippen LogP contribution < -0.4 is 0 Å². The Morgan fingerprint density at radius 3 is 2.55 bits per heavy atom. The van der Waals surface area contributed by atoms with Gasteiger partial charge in [0.2, 0.25) is 0 Å². The van der Waals surface area contributed by atoms with Gasteiger partial charge in [0.15, 0.2) is 0 Å². The minimum absolute atomic E-state index is 0.952. The van der Waals surface area contributed by atoms with E-state index in [1.165, 1.54) is 45.3 Å². The van der Waals surface area contributed by atoms with Crippen LogP contribution >= 0.6 is 0 Å². The van der Waals surface area contributed by atoms with E-state index in [2.05, 4.69) is 10.8 Å². The number of likely N-dealkylation sites (tertiary alicyclic amines) is 1. The molecule has 1 saturated heterocycles. The van der Waals surface area contributed by atoms with Crippen LogP contribution in [-0.4, -0.2) is 24.5 Å². The molecule has 0 radical (unpaired) electrons. The lowest BCUT2D eigenvalue weighted by molar-refractivity contribution is 0.331. The number of hydrogen-bond acceptors (Lipinski definition) is 1. The predicted molar refractivity (Wildman–Crippen MR) is 48.4 cm³/mol. The molecule has 1 heterocycles. The molecule has 0 bridgehead atoms. The molecule has 11 heavy (non-hydrogen) atoms. The summed E-state index contributed by atoms with van der Waals surface area (Å²) in [6, 6.07) is 0. The highest BCUT2D eigenvalue weighted by atomic mass is 15.1. The Hall–Kier alpha value is -0.480. The van der Waals surface area contributed by atoms with Gasteiger partial charge in [0.25, 0.3) is 0 Å². The van der Waals surface area contributed by atoms with E-state index in [0.717, 1.165) is 6.42 Å². The Kier molecular flexibility index (Phi) is 4.08. The van der Waals surface area contributed by atoms with Crippen molar-refractivity contribution >= 4 is 0 Å². The first-order valence-corrected chi connectivity index (χ1v) is 4.59. The molecule has 0 saturated carbocycles. The molecular formula is C10H17N. The first-order valence-electron chi connectivity index (χ1n) is 4.59. The fraction of sp³-hybridized carbons (Fsp3) is 0.800. The zero-order chi connectivity index (χ0) is 7.94. The minimum Gasteiger partial charge on any atom is -0.303 e. The number of rotatable bonds is 4. The van der Waals surface area contributed by atoms with E-state index < -0.39 is 0 Å². The van der Waals surface area contributed by atoms with Crippen LogP contribution in [0.25, 0.3) is 0 Å². The maximum absolute atomic E-state index is 5.16. The Labute approximate surface area is 69.8 Å². The summed E-state index contributed by atoms with van der Waals surface area (Å²) in [6.45, 7) is 3.90. The quantitative estimate of drug-likeness (QED) is 0.438. The van der Waals surface area contributed by atoms with Gasteiger partial charge < -0.3 is 4.90 Å². The van der Waals surface area contributed by atoms with Gasteiger partial charge in [-0.3, -0.25) is 0 Å². The first kappa shape index (κ1) is 8.62. The normalized spacial score (nSPS) is 18.5. The molecule has 0 N–H and O–H groups in total. The van der Waals surface area contributed by atoms with E-state index in [1.807, 2.05) is 0 Å². The van der Waals surface area contributed by atoms with Gasteiger partial charge in [-0.05, 0) is 45.3 Å². The van der Waals surface area contributed by atoms with Crippen LogP contribution in [0.3, 0.4) is 0 Å². The molecule has 0 aliphatic carbocycles. The van der Waals surface area contributed by atoms with Crippen molar-refractivity contribution < 1.29 is 0 Å². The van der Waals surface area contributed by atoms with Crippen LogP contribution in [0.5, 0.6) is 0 Å². The van der Waals surface area contributed by atoms with Gasteiger partial charge in [0.05, 0.1) is 0 Å². The van der Waals surface area contributed by atoms with Gasteiger partial charge >= 0.3 is 0 Å². The largest absolute Gasteiger partial charge is 0.303 e. The predicted octanol–water partition coefficient (Wildman–Crippen LogP) is 1.89. The van der Waals surface area contributed by atoms with E-state index in [4.69, 9.17) is 6.42 Å². The Morgan fingerprint density at radius 1 is 1.18 bits per heavy atom. The molecular weight excluding hydrogens is 134 g/mol. The summed E-state index contributed by atoms with van der Waals surface area (Å²) in [6.07, 6.45) is 11.4. The third-order valence-electron chi connectivity index (χ3n) is 2.24. The first-order chi connectivity index (χ1) is 5.43. The molecule has 1 aliphatic rings. The van der Waals surface area contributed by atoms with E-state index in [1.54, 1.807) is 0 Å². The summed E-state index contributed by atoms with van der Waals surface area (Å²) in [5.41, 5.74) is 0. The van der Waals surface area contributed by atoms with Gasteiger partial charge in [-0.2, -0.15) is 0 Å². The lowest BCUT2D eigenvalue weighted by Crippen LogP contribution is -2.20. The smallest absolute Gasteiger partial charge is 0.00865 e. The zero-order valence-electron chi connectivity index (χ0n) is 7.18. The van der Waals surface area contributed by atoms with E-state index in [0.29, 0.717) is 0 Å². The Morgan fingerprint density at radius 2 is 1.91 bits per heavy atom.